The van der Waals surface area contributed by atoms with Crippen LogP contribution in [0, 0.1) is 5.41 Å². The van der Waals surface area contributed by atoms with Gasteiger partial charge in [-0.2, -0.15) is 8.78 Å². The molecule has 0 spiro atoms. The minimum Gasteiger partial charge on any atom is -0.435 e. The molecule has 0 bridgehead atoms. The van der Waals surface area contributed by atoms with E-state index in [9.17, 15) is 18.4 Å². The van der Waals surface area contributed by atoms with Crippen LogP contribution in [0.5, 0.6) is 5.75 Å². The zero-order valence-electron chi connectivity index (χ0n) is 16.8. The summed E-state index contributed by atoms with van der Waals surface area (Å²) in [6.45, 7) is -0.856. The molecular weight excluding hydrogens is 404 g/mol. The van der Waals surface area contributed by atoms with E-state index in [4.69, 9.17) is 5.73 Å². The predicted octanol–water partition coefficient (Wildman–Crippen LogP) is 4.00. The Morgan fingerprint density at radius 2 is 1.77 bits per heavy atom. The van der Waals surface area contributed by atoms with E-state index in [0.717, 1.165) is 24.5 Å². The van der Waals surface area contributed by atoms with Crippen LogP contribution in [0.2, 0.25) is 0 Å². The Balaban J connectivity index is 1.90. The lowest BCUT2D eigenvalue weighted by Crippen LogP contribution is -2.34. The van der Waals surface area contributed by atoms with Crippen molar-refractivity contribution in [2.24, 2.45) is 11.1 Å². The number of ether oxygens (including phenoxy) is 1. The van der Waals surface area contributed by atoms with Gasteiger partial charge in [-0.15, -0.1) is 0 Å². The first-order valence-corrected chi connectivity index (χ1v) is 9.82. The van der Waals surface area contributed by atoms with Crippen molar-refractivity contribution in [3.05, 3.63) is 82.3 Å². The SMILES string of the molecule is CC1([C@H](c2ccc(OC(F)F)cc2)n2c(-c3ccccc3)nc(C(N)=O)cc2=O)CC1. The highest BCUT2D eigenvalue weighted by Crippen LogP contribution is 2.56. The van der Waals surface area contributed by atoms with Gasteiger partial charge in [-0.25, -0.2) is 4.98 Å². The number of carbonyl (C=O) groups is 1. The maximum Gasteiger partial charge on any atom is 0.387 e. The molecule has 0 radical (unpaired) electrons. The van der Waals surface area contributed by atoms with E-state index < -0.39 is 24.1 Å². The second kappa shape index (κ2) is 7.94. The third kappa shape index (κ3) is 4.19. The fourth-order valence-electron chi connectivity index (χ4n) is 3.82. The van der Waals surface area contributed by atoms with Crippen LogP contribution in [0.1, 0.15) is 41.9 Å². The Bertz CT molecular complexity index is 1160. The van der Waals surface area contributed by atoms with Gasteiger partial charge in [-0.05, 0) is 36.0 Å². The molecule has 31 heavy (non-hydrogen) atoms. The smallest absolute Gasteiger partial charge is 0.387 e. The van der Waals surface area contributed by atoms with Crippen molar-refractivity contribution in [1.29, 1.82) is 0 Å². The topological polar surface area (TPSA) is 87.2 Å². The van der Waals surface area contributed by atoms with Gasteiger partial charge in [0.1, 0.15) is 17.3 Å². The van der Waals surface area contributed by atoms with Crippen molar-refractivity contribution >= 4 is 5.91 Å². The molecular formula is C23H21F2N3O3. The van der Waals surface area contributed by atoms with E-state index >= 15 is 0 Å². The minimum absolute atomic E-state index is 0.0382. The number of benzene rings is 2. The fraction of sp³-hybridized carbons (Fsp3) is 0.261. The standard InChI is InChI=1S/C23H21F2N3O3/c1-23(11-12-23)19(14-7-9-16(10-8-14)31-22(24)25)28-18(29)13-17(20(26)30)27-21(28)15-5-3-2-4-6-15/h2-10,13,19,22H,11-12H2,1H3,(H2,26,30)/t19-/m0/s1. The summed E-state index contributed by atoms with van der Waals surface area (Å²) in [7, 11) is 0. The molecule has 160 valence electrons. The van der Waals surface area contributed by atoms with Crippen molar-refractivity contribution in [2.75, 3.05) is 0 Å². The average Bonchev–Trinajstić information content (AvgIpc) is 3.48. The lowest BCUT2D eigenvalue weighted by atomic mass is 9.90. The van der Waals surface area contributed by atoms with Crippen LogP contribution in [0.15, 0.2) is 65.5 Å². The summed E-state index contributed by atoms with van der Waals surface area (Å²) in [6, 6.07) is 16.1. The number of rotatable bonds is 7. The summed E-state index contributed by atoms with van der Waals surface area (Å²) in [6.07, 6.45) is 1.76. The Labute approximate surface area is 177 Å². The van der Waals surface area contributed by atoms with Crippen molar-refractivity contribution < 1.29 is 18.3 Å². The number of amides is 1. The van der Waals surface area contributed by atoms with Gasteiger partial charge in [0.2, 0.25) is 0 Å². The maximum absolute atomic E-state index is 13.2. The Morgan fingerprint density at radius 1 is 1.13 bits per heavy atom. The Morgan fingerprint density at radius 3 is 2.32 bits per heavy atom. The van der Waals surface area contributed by atoms with Gasteiger partial charge in [-0.1, -0.05) is 49.4 Å². The van der Waals surface area contributed by atoms with E-state index in [1.165, 1.54) is 12.1 Å². The fourth-order valence-corrected chi connectivity index (χ4v) is 3.82. The molecule has 0 saturated heterocycles. The van der Waals surface area contributed by atoms with E-state index in [2.05, 4.69) is 16.6 Å². The van der Waals surface area contributed by atoms with E-state index in [1.807, 2.05) is 18.2 Å². The second-order valence-electron chi connectivity index (χ2n) is 7.91. The van der Waals surface area contributed by atoms with Crippen LogP contribution in [0.3, 0.4) is 0 Å². The second-order valence-corrected chi connectivity index (χ2v) is 7.91. The van der Waals surface area contributed by atoms with E-state index in [-0.39, 0.29) is 16.9 Å². The maximum atomic E-state index is 13.2. The molecule has 2 aromatic carbocycles. The Kier molecular flexibility index (Phi) is 5.31. The number of hydrogen-bond acceptors (Lipinski definition) is 4. The summed E-state index contributed by atoms with van der Waals surface area (Å²) < 4.78 is 31.1. The minimum atomic E-state index is -2.92. The number of nitrogens with two attached hydrogens (primary N) is 1. The first kappa shape index (κ1) is 20.7. The number of aromatic nitrogens is 2. The van der Waals surface area contributed by atoms with Crippen LogP contribution >= 0.6 is 0 Å². The molecule has 6 nitrogen and oxygen atoms in total. The van der Waals surface area contributed by atoms with Crippen LogP contribution in [0.25, 0.3) is 11.4 Å². The summed E-state index contributed by atoms with van der Waals surface area (Å²) in [5.74, 6) is -0.423. The molecule has 1 heterocycles. The quantitative estimate of drug-likeness (QED) is 0.620. The van der Waals surface area contributed by atoms with E-state index in [0.29, 0.717) is 11.4 Å². The molecule has 2 N–H and O–H groups in total. The average molecular weight is 425 g/mol. The number of primary amides is 1. The van der Waals surface area contributed by atoms with Crippen LogP contribution in [-0.4, -0.2) is 22.1 Å². The molecule has 1 aliphatic rings. The normalized spacial score (nSPS) is 15.5. The molecule has 1 amide bonds. The first-order valence-electron chi connectivity index (χ1n) is 9.82. The van der Waals surface area contributed by atoms with Gasteiger partial charge >= 0.3 is 6.61 Å². The monoisotopic (exact) mass is 425 g/mol. The molecule has 3 aromatic rings. The highest BCUT2D eigenvalue weighted by atomic mass is 19.3. The molecule has 0 aliphatic heterocycles. The molecule has 0 unspecified atom stereocenters. The zero-order valence-corrected chi connectivity index (χ0v) is 16.8. The summed E-state index contributed by atoms with van der Waals surface area (Å²) in [5, 5.41) is 0. The van der Waals surface area contributed by atoms with Crippen molar-refractivity contribution in [3.8, 4) is 17.1 Å². The number of alkyl halides is 2. The lowest BCUT2D eigenvalue weighted by Gasteiger charge is -2.29. The third-order valence-electron chi connectivity index (χ3n) is 5.61. The number of nitrogens with zero attached hydrogens (tertiary/aromatic N) is 2. The molecule has 1 atom stereocenters. The predicted molar refractivity (Wildman–Crippen MR) is 111 cm³/mol. The first-order chi connectivity index (χ1) is 14.8. The number of halogens is 2. The molecule has 1 aromatic heterocycles. The number of carbonyl (C=O) groups excluding carboxylic acids is 1. The largest absolute Gasteiger partial charge is 0.435 e. The van der Waals surface area contributed by atoms with Crippen LogP contribution < -0.4 is 16.0 Å². The van der Waals surface area contributed by atoms with Crippen LogP contribution in [0.4, 0.5) is 8.78 Å². The highest BCUT2D eigenvalue weighted by Gasteiger charge is 2.47. The van der Waals surface area contributed by atoms with Gasteiger partial charge in [0.25, 0.3) is 11.5 Å². The summed E-state index contributed by atoms with van der Waals surface area (Å²) in [4.78, 5) is 29.4. The molecule has 8 heteroatoms. The van der Waals surface area contributed by atoms with Gasteiger partial charge in [0.05, 0.1) is 6.04 Å². The van der Waals surface area contributed by atoms with Gasteiger partial charge < -0.3 is 10.5 Å². The highest BCUT2D eigenvalue weighted by molar-refractivity contribution is 5.91. The summed E-state index contributed by atoms with van der Waals surface area (Å²) >= 11 is 0. The summed E-state index contributed by atoms with van der Waals surface area (Å²) in [5.41, 5.74) is 6.07. The van der Waals surface area contributed by atoms with Gasteiger partial charge in [0.15, 0.2) is 0 Å². The third-order valence-corrected chi connectivity index (χ3v) is 5.61. The molecule has 1 fully saturated rings. The molecule has 1 aliphatic carbocycles. The number of hydrogen-bond donors (Lipinski definition) is 1. The van der Waals surface area contributed by atoms with Gasteiger partial charge in [0, 0.05) is 11.6 Å². The van der Waals surface area contributed by atoms with E-state index in [1.54, 1.807) is 28.8 Å². The van der Waals surface area contributed by atoms with Crippen LogP contribution in [-0.2, 0) is 0 Å². The van der Waals surface area contributed by atoms with Gasteiger partial charge in [-0.3, -0.25) is 14.2 Å². The lowest BCUT2D eigenvalue weighted by molar-refractivity contribution is -0.0498. The Hall–Kier alpha value is -3.55. The van der Waals surface area contributed by atoms with Crippen molar-refractivity contribution in [1.82, 2.24) is 9.55 Å². The van der Waals surface area contributed by atoms with Crippen molar-refractivity contribution in [3.63, 3.8) is 0 Å². The molecule has 1 saturated carbocycles. The van der Waals surface area contributed by atoms with Crippen molar-refractivity contribution in [2.45, 2.75) is 32.4 Å². The molecule has 4 rings (SSSR count). The zero-order chi connectivity index (χ0) is 22.2.